The molecule has 30 heavy (non-hydrogen) atoms. The lowest BCUT2D eigenvalue weighted by molar-refractivity contribution is -0.142. The number of nitrogens with zero attached hydrogens (tertiary/aromatic N) is 3. The van der Waals surface area contributed by atoms with Gasteiger partial charge in [0.25, 0.3) is 0 Å². The van der Waals surface area contributed by atoms with Crippen LogP contribution in [-0.2, 0) is 19.2 Å². The predicted molar refractivity (Wildman–Crippen MR) is 110 cm³/mol. The monoisotopic (exact) mass is 424 g/mol. The van der Waals surface area contributed by atoms with E-state index in [9.17, 15) is 19.2 Å². The van der Waals surface area contributed by atoms with Gasteiger partial charge in [0.2, 0.25) is 23.6 Å². The summed E-state index contributed by atoms with van der Waals surface area (Å²) in [6.45, 7) is 0.961. The van der Waals surface area contributed by atoms with Gasteiger partial charge in [-0.3, -0.25) is 24.2 Å². The molecule has 0 aromatic heterocycles. The van der Waals surface area contributed by atoms with Crippen LogP contribution in [0.25, 0.3) is 0 Å². The third-order valence-electron chi connectivity index (χ3n) is 5.47. The molecule has 0 radical (unpaired) electrons. The molecule has 168 valence electrons. The van der Waals surface area contributed by atoms with E-state index in [0.717, 1.165) is 0 Å². The molecule has 12 heteroatoms. The zero-order chi connectivity index (χ0) is 22.3. The SMILES string of the molecule is NCC(=O)N1CCC[C@@H]1C(=O)N[C@@H](CCCN=C(N)N)C(=O)N1CCC[C@@H]1C(N)=O. The fourth-order valence-electron chi connectivity index (χ4n) is 4.01. The Morgan fingerprint density at radius 1 is 1.00 bits per heavy atom. The molecule has 0 aromatic rings. The Morgan fingerprint density at radius 3 is 2.23 bits per heavy atom. The molecule has 2 rings (SSSR count). The highest BCUT2D eigenvalue weighted by atomic mass is 16.2. The molecule has 0 bridgehead atoms. The second-order valence-corrected chi connectivity index (χ2v) is 7.55. The summed E-state index contributed by atoms with van der Waals surface area (Å²) in [5, 5.41) is 2.76. The normalized spacial score (nSPS) is 21.9. The van der Waals surface area contributed by atoms with Crippen LogP contribution in [0.4, 0.5) is 0 Å². The van der Waals surface area contributed by atoms with Gasteiger partial charge in [0.05, 0.1) is 6.54 Å². The number of guanidine groups is 1. The van der Waals surface area contributed by atoms with Crippen LogP contribution in [0.5, 0.6) is 0 Å². The standard InChI is InChI=1S/C18H32N8O4/c19-10-14(27)25-8-3-6-13(25)16(29)24-11(4-1-7-23-18(21)22)17(30)26-9-2-5-12(26)15(20)28/h11-13H,1-10,19H2,(H2,20,28)(H,24,29)(H4,21,22,23)/t11-,12+,13+/m0/s1. The van der Waals surface area contributed by atoms with Crippen LogP contribution in [0.2, 0.25) is 0 Å². The Labute approximate surface area is 175 Å². The number of likely N-dealkylation sites (tertiary alicyclic amines) is 2. The van der Waals surface area contributed by atoms with E-state index in [-0.39, 0.29) is 30.7 Å². The van der Waals surface area contributed by atoms with Crippen molar-refractivity contribution in [2.75, 3.05) is 26.2 Å². The zero-order valence-electron chi connectivity index (χ0n) is 17.1. The Morgan fingerprint density at radius 2 is 1.63 bits per heavy atom. The van der Waals surface area contributed by atoms with Crippen molar-refractivity contribution in [2.24, 2.45) is 27.9 Å². The highest BCUT2D eigenvalue weighted by Crippen LogP contribution is 2.21. The number of rotatable bonds is 9. The second kappa shape index (κ2) is 10.8. The van der Waals surface area contributed by atoms with E-state index in [4.69, 9.17) is 22.9 Å². The second-order valence-electron chi connectivity index (χ2n) is 7.55. The number of carbonyl (C=O) groups is 4. The number of nitrogens with one attached hydrogen (secondary N) is 1. The molecular weight excluding hydrogens is 392 g/mol. The van der Waals surface area contributed by atoms with Crippen LogP contribution in [0.1, 0.15) is 38.5 Å². The van der Waals surface area contributed by atoms with Crippen LogP contribution in [0.15, 0.2) is 4.99 Å². The Hall–Kier alpha value is -2.89. The summed E-state index contributed by atoms with van der Waals surface area (Å²) in [4.78, 5) is 56.5. The minimum absolute atomic E-state index is 0.0582. The van der Waals surface area contributed by atoms with Crippen molar-refractivity contribution in [1.82, 2.24) is 15.1 Å². The number of amides is 4. The van der Waals surface area contributed by atoms with Crippen LogP contribution in [-0.4, -0.2) is 83.7 Å². The molecule has 0 unspecified atom stereocenters. The van der Waals surface area contributed by atoms with E-state index in [1.54, 1.807) is 0 Å². The molecule has 0 aromatic carbocycles. The maximum atomic E-state index is 13.1. The van der Waals surface area contributed by atoms with E-state index in [1.807, 2.05) is 0 Å². The van der Waals surface area contributed by atoms with Gasteiger partial charge in [0.15, 0.2) is 5.96 Å². The average molecular weight is 425 g/mol. The predicted octanol–water partition coefficient (Wildman–Crippen LogP) is -3.05. The topological polar surface area (TPSA) is 203 Å². The number of primary amides is 1. The largest absolute Gasteiger partial charge is 0.370 e. The van der Waals surface area contributed by atoms with Gasteiger partial charge < -0.3 is 38.1 Å². The molecule has 0 saturated carbocycles. The van der Waals surface area contributed by atoms with E-state index in [2.05, 4.69) is 10.3 Å². The highest BCUT2D eigenvalue weighted by Gasteiger charge is 2.39. The minimum atomic E-state index is -0.873. The van der Waals surface area contributed by atoms with Crippen molar-refractivity contribution < 1.29 is 19.2 Å². The number of hydrogen-bond acceptors (Lipinski definition) is 6. The van der Waals surface area contributed by atoms with E-state index >= 15 is 0 Å². The maximum Gasteiger partial charge on any atom is 0.245 e. The van der Waals surface area contributed by atoms with E-state index in [0.29, 0.717) is 51.7 Å². The molecule has 3 atom stereocenters. The van der Waals surface area contributed by atoms with Crippen molar-refractivity contribution in [3.63, 3.8) is 0 Å². The first kappa shape index (κ1) is 23.4. The molecule has 2 heterocycles. The van der Waals surface area contributed by atoms with Gasteiger partial charge in [-0.2, -0.15) is 0 Å². The highest BCUT2D eigenvalue weighted by molar-refractivity contribution is 5.94. The molecule has 4 amide bonds. The third-order valence-corrected chi connectivity index (χ3v) is 5.47. The van der Waals surface area contributed by atoms with Crippen molar-refractivity contribution >= 4 is 29.6 Å². The summed E-state index contributed by atoms with van der Waals surface area (Å²) >= 11 is 0. The van der Waals surface area contributed by atoms with Crippen LogP contribution >= 0.6 is 0 Å². The summed E-state index contributed by atoms with van der Waals surface area (Å²) in [6, 6.07) is -2.22. The first-order chi connectivity index (χ1) is 14.3. The summed E-state index contributed by atoms with van der Waals surface area (Å²) in [5.74, 6) is -1.72. The van der Waals surface area contributed by atoms with E-state index in [1.165, 1.54) is 9.80 Å². The van der Waals surface area contributed by atoms with Crippen LogP contribution < -0.4 is 28.3 Å². The first-order valence-electron chi connectivity index (χ1n) is 10.2. The van der Waals surface area contributed by atoms with Gasteiger partial charge in [-0.15, -0.1) is 0 Å². The van der Waals surface area contributed by atoms with Crippen LogP contribution in [0, 0.1) is 0 Å². The molecule has 9 N–H and O–H groups in total. The minimum Gasteiger partial charge on any atom is -0.370 e. The molecule has 12 nitrogen and oxygen atoms in total. The zero-order valence-corrected chi connectivity index (χ0v) is 17.1. The number of hydrogen-bond donors (Lipinski definition) is 5. The van der Waals surface area contributed by atoms with Crippen LogP contribution in [0.3, 0.4) is 0 Å². The average Bonchev–Trinajstić information content (AvgIpc) is 3.38. The van der Waals surface area contributed by atoms with Crippen molar-refractivity contribution in [2.45, 2.75) is 56.7 Å². The van der Waals surface area contributed by atoms with Gasteiger partial charge >= 0.3 is 0 Å². The lowest BCUT2D eigenvalue weighted by Gasteiger charge is -2.30. The van der Waals surface area contributed by atoms with Gasteiger partial charge in [-0.1, -0.05) is 0 Å². The summed E-state index contributed by atoms with van der Waals surface area (Å²) in [7, 11) is 0. The maximum absolute atomic E-state index is 13.1. The Kier molecular flexibility index (Phi) is 8.39. The number of nitrogens with two attached hydrogens (primary N) is 4. The molecular formula is C18H32N8O4. The van der Waals surface area contributed by atoms with Crippen molar-refractivity contribution in [1.29, 1.82) is 0 Å². The molecule has 2 aliphatic rings. The Bertz CT molecular complexity index is 694. The number of aliphatic imine (C=N–C) groups is 1. The summed E-state index contributed by atoms with van der Waals surface area (Å²) < 4.78 is 0. The molecule has 0 spiro atoms. The van der Waals surface area contributed by atoms with Gasteiger partial charge in [0.1, 0.15) is 18.1 Å². The number of carbonyl (C=O) groups excluding carboxylic acids is 4. The smallest absolute Gasteiger partial charge is 0.245 e. The van der Waals surface area contributed by atoms with Gasteiger partial charge in [0, 0.05) is 19.6 Å². The van der Waals surface area contributed by atoms with Crippen molar-refractivity contribution in [3.05, 3.63) is 0 Å². The fourth-order valence-corrected chi connectivity index (χ4v) is 4.01. The quantitative estimate of drug-likeness (QED) is 0.147. The molecule has 0 aliphatic carbocycles. The van der Waals surface area contributed by atoms with Crippen molar-refractivity contribution in [3.8, 4) is 0 Å². The summed E-state index contributed by atoms with van der Waals surface area (Å²) in [5.41, 5.74) is 21.5. The fraction of sp³-hybridized carbons (Fsp3) is 0.722. The first-order valence-corrected chi connectivity index (χ1v) is 10.2. The molecule has 2 aliphatic heterocycles. The Balaban J connectivity index is 2.11. The lowest BCUT2D eigenvalue weighted by atomic mass is 10.1. The summed E-state index contributed by atoms with van der Waals surface area (Å²) in [6.07, 6.45) is 3.07. The van der Waals surface area contributed by atoms with Gasteiger partial charge in [-0.05, 0) is 38.5 Å². The lowest BCUT2D eigenvalue weighted by Crippen LogP contribution is -2.56. The third kappa shape index (κ3) is 5.81. The van der Waals surface area contributed by atoms with E-state index < -0.39 is 29.9 Å². The molecule has 2 fully saturated rings. The molecule has 2 saturated heterocycles. The van der Waals surface area contributed by atoms with Gasteiger partial charge in [-0.25, -0.2) is 0 Å².